The molecule has 0 aliphatic carbocycles. The number of hydrazine groups is 1. The van der Waals surface area contributed by atoms with E-state index in [0.29, 0.717) is 5.02 Å². The average molecular weight is 347 g/mol. The van der Waals surface area contributed by atoms with Crippen LogP contribution in [0.3, 0.4) is 0 Å². The summed E-state index contributed by atoms with van der Waals surface area (Å²) in [5, 5.41) is 2.81. The zero-order valence-electron chi connectivity index (χ0n) is 11.9. The van der Waals surface area contributed by atoms with E-state index in [0.717, 1.165) is 0 Å². The first kappa shape index (κ1) is 18.1. The van der Waals surface area contributed by atoms with Gasteiger partial charge in [0.25, 0.3) is 11.8 Å². The van der Waals surface area contributed by atoms with Crippen LogP contribution in [0.25, 0.3) is 0 Å². The van der Waals surface area contributed by atoms with Crippen molar-refractivity contribution in [2.45, 2.75) is 19.9 Å². The van der Waals surface area contributed by atoms with Crippen molar-refractivity contribution in [3.8, 4) is 0 Å². The Labute approximate surface area is 137 Å². The van der Waals surface area contributed by atoms with E-state index in [1.807, 2.05) is 0 Å². The van der Waals surface area contributed by atoms with Crippen LogP contribution < -0.4 is 21.9 Å². The molecule has 4 amide bonds. The highest BCUT2D eigenvalue weighted by Gasteiger charge is 2.24. The number of halogens is 2. The Morgan fingerprint density at radius 2 is 1.77 bits per heavy atom. The van der Waals surface area contributed by atoms with E-state index in [1.165, 1.54) is 18.2 Å². The highest BCUT2D eigenvalue weighted by atomic mass is 35.5. The van der Waals surface area contributed by atoms with Crippen LogP contribution in [0.5, 0.6) is 0 Å². The lowest BCUT2D eigenvalue weighted by molar-refractivity contribution is -0.124. The summed E-state index contributed by atoms with van der Waals surface area (Å²) in [5.74, 6) is -1.47. The van der Waals surface area contributed by atoms with Crippen LogP contribution in [0.15, 0.2) is 18.2 Å². The second-order valence-corrected chi connectivity index (χ2v) is 5.64. The molecular formula is C13H16Cl2N4O3. The molecule has 1 atom stereocenters. The zero-order valence-corrected chi connectivity index (χ0v) is 13.5. The summed E-state index contributed by atoms with van der Waals surface area (Å²) < 4.78 is 0. The van der Waals surface area contributed by atoms with Crippen molar-refractivity contribution in [3.05, 3.63) is 33.8 Å². The predicted octanol–water partition coefficient (Wildman–Crippen LogP) is 1.45. The van der Waals surface area contributed by atoms with Gasteiger partial charge in [0.15, 0.2) is 0 Å². The molecule has 0 heterocycles. The smallest absolute Gasteiger partial charge is 0.312 e. The first-order chi connectivity index (χ1) is 10.2. The van der Waals surface area contributed by atoms with E-state index >= 15 is 0 Å². The quantitative estimate of drug-likeness (QED) is 0.618. The SMILES string of the molecule is CC(C)[C@H](NC(N)=O)C(=O)NNC(=O)c1cc(Cl)ccc1Cl. The number of hydrogen-bond acceptors (Lipinski definition) is 3. The van der Waals surface area contributed by atoms with Gasteiger partial charge >= 0.3 is 6.03 Å². The second kappa shape index (κ2) is 7.86. The van der Waals surface area contributed by atoms with Gasteiger partial charge in [-0.2, -0.15) is 0 Å². The summed E-state index contributed by atoms with van der Waals surface area (Å²) in [7, 11) is 0. The first-order valence-corrected chi connectivity index (χ1v) is 7.09. The fraction of sp³-hybridized carbons (Fsp3) is 0.308. The predicted molar refractivity (Wildman–Crippen MR) is 83.4 cm³/mol. The van der Waals surface area contributed by atoms with E-state index < -0.39 is 23.9 Å². The topological polar surface area (TPSA) is 113 Å². The van der Waals surface area contributed by atoms with Crippen molar-refractivity contribution < 1.29 is 14.4 Å². The van der Waals surface area contributed by atoms with Crippen LogP contribution in [0, 0.1) is 5.92 Å². The van der Waals surface area contributed by atoms with Gasteiger partial charge in [-0.3, -0.25) is 20.4 Å². The van der Waals surface area contributed by atoms with E-state index in [9.17, 15) is 14.4 Å². The van der Waals surface area contributed by atoms with Gasteiger partial charge < -0.3 is 11.1 Å². The molecule has 7 nitrogen and oxygen atoms in total. The molecule has 0 radical (unpaired) electrons. The molecule has 0 fully saturated rings. The van der Waals surface area contributed by atoms with Crippen molar-refractivity contribution in [1.29, 1.82) is 0 Å². The van der Waals surface area contributed by atoms with E-state index in [-0.39, 0.29) is 16.5 Å². The zero-order chi connectivity index (χ0) is 16.9. The van der Waals surface area contributed by atoms with Crippen LogP contribution in [0.2, 0.25) is 10.0 Å². The van der Waals surface area contributed by atoms with Crippen LogP contribution in [0.1, 0.15) is 24.2 Å². The highest BCUT2D eigenvalue weighted by Crippen LogP contribution is 2.20. The number of nitrogens with one attached hydrogen (secondary N) is 3. The summed E-state index contributed by atoms with van der Waals surface area (Å²) >= 11 is 11.7. The highest BCUT2D eigenvalue weighted by molar-refractivity contribution is 6.35. The maximum atomic E-state index is 12.0. The number of carbonyl (C=O) groups is 3. The number of amides is 4. The molecule has 120 valence electrons. The Kier molecular flexibility index (Phi) is 6.45. The molecular weight excluding hydrogens is 331 g/mol. The number of rotatable bonds is 4. The molecule has 5 N–H and O–H groups in total. The van der Waals surface area contributed by atoms with Crippen LogP contribution in [0.4, 0.5) is 4.79 Å². The summed E-state index contributed by atoms with van der Waals surface area (Å²) in [4.78, 5) is 34.8. The summed E-state index contributed by atoms with van der Waals surface area (Å²) in [6.45, 7) is 3.44. The van der Waals surface area contributed by atoms with Crippen molar-refractivity contribution in [2.75, 3.05) is 0 Å². The lowest BCUT2D eigenvalue weighted by Crippen LogP contribution is -2.55. The van der Waals surface area contributed by atoms with Gasteiger partial charge in [0.2, 0.25) is 0 Å². The number of nitrogens with two attached hydrogens (primary N) is 1. The van der Waals surface area contributed by atoms with Gasteiger partial charge in [-0.1, -0.05) is 37.0 Å². The van der Waals surface area contributed by atoms with Crippen LogP contribution in [-0.4, -0.2) is 23.9 Å². The molecule has 0 saturated carbocycles. The van der Waals surface area contributed by atoms with E-state index in [1.54, 1.807) is 13.8 Å². The Hall–Kier alpha value is -1.99. The van der Waals surface area contributed by atoms with Gasteiger partial charge in [-0.25, -0.2) is 4.79 Å². The summed E-state index contributed by atoms with van der Waals surface area (Å²) in [5.41, 5.74) is 9.52. The van der Waals surface area contributed by atoms with Gasteiger partial charge in [0.05, 0.1) is 10.6 Å². The Morgan fingerprint density at radius 3 is 2.32 bits per heavy atom. The molecule has 0 aliphatic rings. The summed E-state index contributed by atoms with van der Waals surface area (Å²) in [6, 6.07) is 2.65. The van der Waals surface area contributed by atoms with Crippen molar-refractivity contribution in [1.82, 2.24) is 16.2 Å². The molecule has 0 aliphatic heterocycles. The molecule has 1 rings (SSSR count). The van der Waals surface area contributed by atoms with E-state index in [4.69, 9.17) is 28.9 Å². The number of primary amides is 1. The number of benzene rings is 1. The van der Waals surface area contributed by atoms with Gasteiger partial charge in [0, 0.05) is 5.02 Å². The third-order valence-electron chi connectivity index (χ3n) is 2.72. The minimum absolute atomic E-state index is 0.110. The fourth-order valence-electron chi connectivity index (χ4n) is 1.62. The molecule has 0 aromatic heterocycles. The normalized spacial score (nSPS) is 11.7. The van der Waals surface area contributed by atoms with Gasteiger partial charge in [-0.05, 0) is 24.1 Å². The first-order valence-electron chi connectivity index (χ1n) is 6.33. The minimum Gasteiger partial charge on any atom is -0.352 e. The van der Waals surface area contributed by atoms with Crippen molar-refractivity contribution >= 4 is 41.0 Å². The third kappa shape index (κ3) is 5.09. The molecule has 0 spiro atoms. The standard InChI is InChI=1S/C13H16Cl2N4O3/c1-6(2)10(17-13(16)22)12(21)19-18-11(20)8-5-7(14)3-4-9(8)15/h3-6,10H,1-2H3,(H,18,20)(H,19,21)(H3,16,17,22)/t10-/m0/s1. The van der Waals surface area contributed by atoms with E-state index in [2.05, 4.69) is 16.2 Å². The Morgan fingerprint density at radius 1 is 1.14 bits per heavy atom. The molecule has 0 saturated heterocycles. The minimum atomic E-state index is -0.882. The van der Waals surface area contributed by atoms with Gasteiger partial charge in [-0.15, -0.1) is 0 Å². The van der Waals surface area contributed by atoms with Crippen molar-refractivity contribution in [3.63, 3.8) is 0 Å². The van der Waals surface area contributed by atoms with Gasteiger partial charge in [0.1, 0.15) is 6.04 Å². The average Bonchev–Trinajstić information content (AvgIpc) is 2.43. The molecule has 1 aromatic carbocycles. The number of carbonyl (C=O) groups excluding carboxylic acids is 3. The molecule has 9 heteroatoms. The Balaban J connectivity index is 2.71. The van der Waals surface area contributed by atoms with Crippen LogP contribution >= 0.6 is 23.2 Å². The fourth-order valence-corrected chi connectivity index (χ4v) is 2.00. The molecule has 1 aromatic rings. The maximum absolute atomic E-state index is 12.0. The monoisotopic (exact) mass is 346 g/mol. The van der Waals surface area contributed by atoms with Crippen molar-refractivity contribution in [2.24, 2.45) is 11.7 Å². The largest absolute Gasteiger partial charge is 0.352 e. The Bertz CT molecular complexity index is 593. The lowest BCUT2D eigenvalue weighted by atomic mass is 10.0. The second-order valence-electron chi connectivity index (χ2n) is 4.80. The number of urea groups is 1. The maximum Gasteiger partial charge on any atom is 0.312 e. The lowest BCUT2D eigenvalue weighted by Gasteiger charge is -2.20. The van der Waals surface area contributed by atoms with Crippen LogP contribution in [-0.2, 0) is 4.79 Å². The molecule has 0 unspecified atom stereocenters. The molecule has 22 heavy (non-hydrogen) atoms. The number of hydrogen-bond donors (Lipinski definition) is 4. The molecule has 0 bridgehead atoms. The summed E-state index contributed by atoms with van der Waals surface area (Å²) in [6.07, 6.45) is 0. The third-order valence-corrected chi connectivity index (χ3v) is 3.28.